The molecule has 0 fully saturated rings. The third-order valence-corrected chi connectivity index (χ3v) is 5.52. The van der Waals surface area contributed by atoms with E-state index in [4.69, 9.17) is 0 Å². The number of anilines is 1. The van der Waals surface area contributed by atoms with Crippen LogP contribution in [0, 0.1) is 20.8 Å². The molecule has 27 heavy (non-hydrogen) atoms. The fourth-order valence-corrected chi connectivity index (χ4v) is 4.46. The van der Waals surface area contributed by atoms with E-state index in [9.17, 15) is 13.2 Å². The van der Waals surface area contributed by atoms with Gasteiger partial charge < -0.3 is 5.32 Å². The first kappa shape index (κ1) is 21.0. The van der Waals surface area contributed by atoms with E-state index < -0.39 is 16.1 Å². The van der Waals surface area contributed by atoms with E-state index in [2.05, 4.69) is 5.32 Å². The number of hydrogen-bond acceptors (Lipinski definition) is 3. The first-order chi connectivity index (χ1) is 12.6. The van der Waals surface area contributed by atoms with Crippen molar-refractivity contribution in [2.75, 3.05) is 10.6 Å². The molecule has 0 spiro atoms. The van der Waals surface area contributed by atoms with Gasteiger partial charge in [-0.15, -0.1) is 0 Å². The highest BCUT2D eigenvalue weighted by Gasteiger charge is 2.31. The predicted molar refractivity (Wildman–Crippen MR) is 110 cm³/mol. The van der Waals surface area contributed by atoms with Gasteiger partial charge in [0.2, 0.25) is 15.9 Å². The van der Waals surface area contributed by atoms with Crippen molar-refractivity contribution in [3.05, 3.63) is 64.7 Å². The van der Waals surface area contributed by atoms with Crippen LogP contribution in [0.5, 0.6) is 0 Å². The largest absolute Gasteiger partial charge is 0.350 e. The van der Waals surface area contributed by atoms with E-state index in [1.807, 2.05) is 58.0 Å². The van der Waals surface area contributed by atoms with Gasteiger partial charge in [-0.25, -0.2) is 8.42 Å². The van der Waals surface area contributed by atoms with Gasteiger partial charge in [0, 0.05) is 6.54 Å². The van der Waals surface area contributed by atoms with Crippen LogP contribution in [0.2, 0.25) is 0 Å². The number of amides is 1. The Labute approximate surface area is 162 Å². The van der Waals surface area contributed by atoms with Gasteiger partial charge in [-0.2, -0.15) is 0 Å². The summed E-state index contributed by atoms with van der Waals surface area (Å²) in [5, 5.41) is 2.88. The van der Waals surface area contributed by atoms with Gasteiger partial charge in [0.1, 0.15) is 6.04 Å². The lowest BCUT2D eigenvalue weighted by Gasteiger charge is -2.30. The molecule has 0 saturated carbocycles. The van der Waals surface area contributed by atoms with Crippen LogP contribution in [-0.4, -0.2) is 26.6 Å². The van der Waals surface area contributed by atoms with E-state index in [1.54, 1.807) is 12.1 Å². The van der Waals surface area contributed by atoms with Crippen LogP contribution in [0.15, 0.2) is 42.5 Å². The first-order valence-corrected chi connectivity index (χ1v) is 10.9. The fourth-order valence-electron chi connectivity index (χ4n) is 3.27. The van der Waals surface area contributed by atoms with Crippen molar-refractivity contribution >= 4 is 21.6 Å². The van der Waals surface area contributed by atoms with Crippen LogP contribution in [0.3, 0.4) is 0 Å². The number of sulfonamides is 1. The summed E-state index contributed by atoms with van der Waals surface area (Å²) >= 11 is 0. The molecule has 0 unspecified atom stereocenters. The van der Waals surface area contributed by atoms with Crippen LogP contribution in [0.4, 0.5) is 5.69 Å². The molecule has 0 aromatic heterocycles. The van der Waals surface area contributed by atoms with Gasteiger partial charge in [0.05, 0.1) is 11.9 Å². The summed E-state index contributed by atoms with van der Waals surface area (Å²) in [5.74, 6) is -0.302. The van der Waals surface area contributed by atoms with Crippen LogP contribution in [0.1, 0.15) is 35.6 Å². The number of carbonyl (C=O) groups is 1. The Morgan fingerprint density at radius 1 is 1.04 bits per heavy atom. The maximum absolute atomic E-state index is 12.8. The average molecular weight is 389 g/mol. The van der Waals surface area contributed by atoms with Gasteiger partial charge in [-0.3, -0.25) is 9.10 Å². The molecular formula is C21H28N2O3S. The van der Waals surface area contributed by atoms with Crippen LogP contribution < -0.4 is 9.62 Å². The summed E-state index contributed by atoms with van der Waals surface area (Å²) in [6.07, 6.45) is 1.51. The number of aryl methyl sites for hydroxylation is 3. The Morgan fingerprint density at radius 3 is 2.19 bits per heavy atom. The molecule has 2 aromatic rings. The van der Waals surface area contributed by atoms with E-state index >= 15 is 0 Å². The topological polar surface area (TPSA) is 66.5 Å². The van der Waals surface area contributed by atoms with Gasteiger partial charge in [0.15, 0.2) is 0 Å². The Kier molecular flexibility index (Phi) is 6.65. The monoisotopic (exact) mass is 388 g/mol. The van der Waals surface area contributed by atoms with E-state index in [0.717, 1.165) is 28.5 Å². The van der Waals surface area contributed by atoms with Crippen LogP contribution in [0.25, 0.3) is 0 Å². The van der Waals surface area contributed by atoms with Crippen molar-refractivity contribution in [3.8, 4) is 0 Å². The van der Waals surface area contributed by atoms with Crippen molar-refractivity contribution in [1.82, 2.24) is 5.32 Å². The Bertz CT molecular complexity index is 903. The number of hydrogen-bond donors (Lipinski definition) is 1. The molecule has 0 bridgehead atoms. The van der Waals surface area contributed by atoms with Crippen LogP contribution >= 0.6 is 0 Å². The summed E-state index contributed by atoms with van der Waals surface area (Å²) in [4.78, 5) is 12.8. The highest BCUT2D eigenvalue weighted by molar-refractivity contribution is 7.92. The number of carbonyl (C=O) groups excluding carboxylic acids is 1. The van der Waals surface area contributed by atoms with E-state index in [-0.39, 0.29) is 5.91 Å². The zero-order valence-corrected chi connectivity index (χ0v) is 17.4. The first-order valence-electron chi connectivity index (χ1n) is 9.02. The Morgan fingerprint density at radius 2 is 1.67 bits per heavy atom. The molecule has 0 aliphatic rings. The molecule has 0 heterocycles. The van der Waals surface area contributed by atoms with Crippen LogP contribution in [-0.2, 0) is 21.4 Å². The predicted octanol–water partition coefficient (Wildman–Crippen LogP) is 3.47. The molecule has 0 aliphatic heterocycles. The van der Waals surface area contributed by atoms with Gasteiger partial charge in [0.25, 0.3) is 0 Å². The highest BCUT2D eigenvalue weighted by atomic mass is 32.2. The summed E-state index contributed by atoms with van der Waals surface area (Å²) in [6.45, 7) is 8.00. The lowest BCUT2D eigenvalue weighted by molar-refractivity contribution is -0.122. The van der Waals surface area contributed by atoms with Crippen molar-refractivity contribution in [2.24, 2.45) is 0 Å². The molecule has 146 valence electrons. The molecule has 2 rings (SSSR count). The minimum atomic E-state index is -3.62. The second-order valence-corrected chi connectivity index (χ2v) is 8.90. The van der Waals surface area contributed by atoms with Crippen molar-refractivity contribution in [2.45, 2.75) is 46.7 Å². The number of rotatable bonds is 7. The molecule has 0 aliphatic carbocycles. The standard InChI is InChI=1S/C21H28N2O3S/c1-6-20(21(24)22-14-18-9-7-8-15(2)11-18)23(27(5,25)26)19-12-16(3)10-17(4)13-19/h7-13,20H,6,14H2,1-5H3,(H,22,24)/t20-/m0/s1. The molecule has 1 amide bonds. The number of nitrogens with zero attached hydrogens (tertiary/aromatic N) is 1. The summed E-state index contributed by atoms with van der Waals surface area (Å²) in [7, 11) is -3.62. The van der Waals surface area contributed by atoms with Crippen molar-refractivity contribution < 1.29 is 13.2 Å². The zero-order chi connectivity index (χ0) is 20.2. The van der Waals surface area contributed by atoms with E-state index in [0.29, 0.717) is 18.7 Å². The maximum Gasteiger partial charge on any atom is 0.244 e. The Balaban J connectivity index is 2.30. The molecule has 1 atom stereocenters. The molecule has 5 nitrogen and oxygen atoms in total. The second-order valence-electron chi connectivity index (χ2n) is 7.04. The summed E-state index contributed by atoms with van der Waals surface area (Å²) < 4.78 is 26.3. The zero-order valence-electron chi connectivity index (χ0n) is 16.6. The lowest BCUT2D eigenvalue weighted by Crippen LogP contribution is -2.49. The smallest absolute Gasteiger partial charge is 0.244 e. The minimum Gasteiger partial charge on any atom is -0.350 e. The summed E-state index contributed by atoms with van der Waals surface area (Å²) in [5.41, 5.74) is 4.52. The molecule has 0 radical (unpaired) electrons. The third kappa shape index (κ3) is 5.57. The number of benzene rings is 2. The maximum atomic E-state index is 12.8. The SMILES string of the molecule is CC[C@@H](C(=O)NCc1cccc(C)c1)N(c1cc(C)cc(C)c1)S(C)(=O)=O. The van der Waals surface area contributed by atoms with Crippen molar-refractivity contribution in [1.29, 1.82) is 0 Å². The lowest BCUT2D eigenvalue weighted by atomic mass is 10.1. The number of nitrogens with one attached hydrogen (secondary N) is 1. The summed E-state index contributed by atoms with van der Waals surface area (Å²) in [6, 6.07) is 12.6. The van der Waals surface area contributed by atoms with Gasteiger partial charge in [-0.05, 0) is 56.0 Å². The average Bonchev–Trinajstić information content (AvgIpc) is 2.55. The normalized spacial score (nSPS) is 12.5. The molecule has 6 heteroatoms. The Hall–Kier alpha value is -2.34. The molecule has 2 aromatic carbocycles. The van der Waals surface area contributed by atoms with Crippen molar-refractivity contribution in [3.63, 3.8) is 0 Å². The molecule has 0 saturated heterocycles. The minimum absolute atomic E-state index is 0.302. The molecular weight excluding hydrogens is 360 g/mol. The molecule has 1 N–H and O–H groups in total. The third-order valence-electron chi connectivity index (χ3n) is 4.34. The van der Waals surface area contributed by atoms with E-state index in [1.165, 1.54) is 4.31 Å². The quantitative estimate of drug-likeness (QED) is 0.790. The van der Waals surface area contributed by atoms with Gasteiger partial charge >= 0.3 is 0 Å². The second kappa shape index (κ2) is 8.57. The van der Waals surface area contributed by atoms with Gasteiger partial charge in [-0.1, -0.05) is 42.8 Å². The highest BCUT2D eigenvalue weighted by Crippen LogP contribution is 2.25. The fraction of sp³-hybridized carbons (Fsp3) is 0.381.